The van der Waals surface area contributed by atoms with Crippen LogP contribution in [0.1, 0.15) is 106 Å². The summed E-state index contributed by atoms with van der Waals surface area (Å²) in [7, 11) is 2.34. The van der Waals surface area contributed by atoms with E-state index in [0.29, 0.717) is 44.9 Å². The van der Waals surface area contributed by atoms with E-state index in [2.05, 4.69) is 40.3 Å². The minimum atomic E-state index is -2.19. The quantitative estimate of drug-likeness (QED) is 0.0320. The van der Waals surface area contributed by atoms with E-state index in [4.69, 9.17) is 75.8 Å². The molecule has 590 valence electrons. The molecule has 103 heavy (non-hydrogen) atoms. The van der Waals surface area contributed by atoms with E-state index in [0.717, 1.165) is 25.5 Å². The number of methoxy groups -OCH3 is 2. The predicted octanol–water partition coefficient (Wildman–Crippen LogP) is -4.57. The van der Waals surface area contributed by atoms with Crippen LogP contribution in [0.4, 0.5) is 0 Å². The van der Waals surface area contributed by atoms with Gasteiger partial charge in [-0.2, -0.15) is 0 Å². The second-order valence-corrected chi connectivity index (χ2v) is 31.4. The van der Waals surface area contributed by atoms with Crippen molar-refractivity contribution in [3.63, 3.8) is 0 Å². The van der Waals surface area contributed by atoms with E-state index in [-0.39, 0.29) is 29.1 Å². The Morgan fingerprint density at radius 1 is 0.524 bits per heavy atom. The van der Waals surface area contributed by atoms with Gasteiger partial charge in [0.25, 0.3) is 0 Å². The number of ether oxygens (including phenoxy) is 16. The van der Waals surface area contributed by atoms with Crippen LogP contribution in [0.15, 0.2) is 23.8 Å². The third-order valence-electron chi connectivity index (χ3n) is 25.0. The summed E-state index contributed by atoms with van der Waals surface area (Å²) in [5.74, 6) is -0.833. The first-order chi connectivity index (χ1) is 48.7. The van der Waals surface area contributed by atoms with Crippen LogP contribution in [-0.4, -0.2) is 343 Å². The molecule has 7 saturated heterocycles. The van der Waals surface area contributed by atoms with Gasteiger partial charge in [-0.05, 0) is 81.5 Å². The van der Waals surface area contributed by atoms with Crippen LogP contribution in [0.3, 0.4) is 0 Å². The Labute approximate surface area is 596 Å². The van der Waals surface area contributed by atoms with Gasteiger partial charge in [0.15, 0.2) is 37.7 Å². The minimum Gasteiger partial charge on any atom is -0.462 e. The molecule has 0 bridgehead atoms. The third-order valence-corrected chi connectivity index (χ3v) is 25.0. The second kappa shape index (κ2) is 31.9. The Balaban J connectivity index is 0.845. The van der Waals surface area contributed by atoms with Crippen molar-refractivity contribution < 1.29 is 167 Å². The second-order valence-electron chi connectivity index (χ2n) is 31.4. The number of rotatable bonds is 24. The largest absolute Gasteiger partial charge is 0.462 e. The lowest BCUT2D eigenvalue weighted by atomic mass is 9.41. The SMILES string of the molecule is C=C(C)CC(C[C@]1(C)OC(=O)C23CCC4C(=CC[C@H]5C(C)(C)[C@@H](O[C@@H]6OC[C@@H](O[C@H]7O[C@H](CO)[C@@H](O)[C@H](O[C@H]8O[C@H](CO)[C@@H](O)[C@H](OC)[C@H]8O)[C@H]7O)[C@H](O)[C@H]6O[C@H]6O[C@H](CO)[C@@H](O[C@@H]7O[C@H](CO)[C@@H](O)[C@H](O[C@@H]8O[C@H](CO)[C@@H](O)[C@H](OC)[C@H]8O)[C@H]7O)[C@H](O)[C@H]6O)CC[C@]45C)[C@]2(C)CC[C@@H]31)OC(C)=O. The summed E-state index contributed by atoms with van der Waals surface area (Å²) >= 11 is 0. The summed E-state index contributed by atoms with van der Waals surface area (Å²) in [4.78, 5) is 27.1. The van der Waals surface area contributed by atoms with Gasteiger partial charge >= 0.3 is 11.9 Å². The molecule has 0 radical (unpaired) electrons. The van der Waals surface area contributed by atoms with Crippen LogP contribution in [-0.2, 0) is 85.4 Å². The summed E-state index contributed by atoms with van der Waals surface area (Å²) in [6.45, 7) is 13.0. The van der Waals surface area contributed by atoms with Crippen LogP contribution in [0.5, 0.6) is 0 Å². The van der Waals surface area contributed by atoms with Gasteiger partial charge in [0.2, 0.25) is 0 Å². The van der Waals surface area contributed by atoms with Crippen molar-refractivity contribution in [1.29, 1.82) is 0 Å². The molecule has 3 unspecified atom stereocenters. The first-order valence-electron chi connectivity index (χ1n) is 35.8. The molecule has 34 nitrogen and oxygen atoms in total. The van der Waals surface area contributed by atoms with Crippen molar-refractivity contribution >= 4 is 11.9 Å². The third kappa shape index (κ3) is 14.5. The highest BCUT2D eigenvalue weighted by molar-refractivity contribution is 5.83. The van der Waals surface area contributed by atoms with Crippen LogP contribution in [0.2, 0.25) is 0 Å². The highest BCUT2D eigenvalue weighted by Gasteiger charge is 2.77. The molecule has 7 aliphatic heterocycles. The molecule has 3 saturated carbocycles. The van der Waals surface area contributed by atoms with Gasteiger partial charge in [0, 0.05) is 45.3 Å². The normalized spacial score (nSPS) is 50.7. The summed E-state index contributed by atoms with van der Waals surface area (Å²) in [5.41, 5.74) is -1.27. The van der Waals surface area contributed by atoms with Gasteiger partial charge in [-0.1, -0.05) is 44.9 Å². The van der Waals surface area contributed by atoms with Crippen LogP contribution < -0.4 is 0 Å². The highest BCUT2D eigenvalue weighted by atomic mass is 16.8. The number of esters is 2. The smallest absolute Gasteiger partial charge is 0.313 e. The number of hydrogen-bond donors (Lipinski definition) is 16. The average Bonchev–Trinajstić information content (AvgIpc) is 1.51. The Hall–Kier alpha value is -2.78. The zero-order chi connectivity index (χ0) is 75.1. The summed E-state index contributed by atoms with van der Waals surface area (Å²) < 4.78 is 95.8. The zero-order valence-corrected chi connectivity index (χ0v) is 59.5. The Kier molecular flexibility index (Phi) is 25.2. The maximum Gasteiger partial charge on any atom is 0.313 e. The predicted molar refractivity (Wildman–Crippen MR) is 343 cm³/mol. The maximum atomic E-state index is 14.8. The summed E-state index contributed by atoms with van der Waals surface area (Å²) in [6, 6.07) is 0. The molecule has 11 rings (SSSR count). The minimum absolute atomic E-state index is 0.0426. The summed E-state index contributed by atoms with van der Waals surface area (Å²) in [5, 5.41) is 179. The van der Waals surface area contributed by atoms with E-state index in [1.54, 1.807) is 0 Å². The number of carbonyl (C=O) groups excluding carboxylic acids is 2. The van der Waals surface area contributed by atoms with Crippen molar-refractivity contribution in [2.75, 3.05) is 53.9 Å². The van der Waals surface area contributed by atoms with Gasteiger partial charge in [-0.3, -0.25) is 9.59 Å². The van der Waals surface area contributed by atoms with E-state index < -0.39 is 258 Å². The number of fused-ring (bicyclic) bond motifs is 4. The van der Waals surface area contributed by atoms with Gasteiger partial charge in [-0.25, -0.2) is 0 Å². The molecule has 1 spiro atoms. The molecule has 38 atom stereocenters. The zero-order valence-electron chi connectivity index (χ0n) is 59.5. The van der Waals surface area contributed by atoms with E-state index in [1.807, 2.05) is 13.8 Å². The van der Waals surface area contributed by atoms with Crippen molar-refractivity contribution in [2.45, 2.75) is 302 Å². The van der Waals surface area contributed by atoms with Crippen LogP contribution in [0.25, 0.3) is 0 Å². The van der Waals surface area contributed by atoms with Gasteiger partial charge in [-0.15, -0.1) is 6.58 Å². The fourth-order valence-corrected chi connectivity index (χ4v) is 19.7. The monoisotopic (exact) mass is 1480 g/mol. The van der Waals surface area contributed by atoms with Gasteiger partial charge < -0.3 is 157 Å². The van der Waals surface area contributed by atoms with Crippen molar-refractivity contribution in [3.8, 4) is 0 Å². The van der Waals surface area contributed by atoms with E-state index >= 15 is 0 Å². The topological polar surface area (TPSA) is 506 Å². The first kappa shape index (κ1) is 81.2. The lowest BCUT2D eigenvalue weighted by Crippen LogP contribution is -2.68. The van der Waals surface area contributed by atoms with Crippen LogP contribution >= 0.6 is 0 Å². The lowest BCUT2D eigenvalue weighted by Gasteiger charge is -2.64. The Morgan fingerprint density at radius 2 is 0.990 bits per heavy atom. The number of hydrogen-bond acceptors (Lipinski definition) is 34. The molecule has 0 aromatic heterocycles. The average molecular weight is 1480 g/mol. The maximum absolute atomic E-state index is 14.8. The number of allylic oxidation sites excluding steroid dienone is 2. The molecule has 0 aromatic rings. The van der Waals surface area contributed by atoms with Crippen molar-refractivity contribution in [1.82, 2.24) is 0 Å². The molecule has 11 aliphatic rings. The standard InChI is InChI=1S/C69H110O34/c1-27(2)19-29(91-28(3)75)20-68(8)39-14-17-67(7)31-11-12-38-65(4,5)40(15-16-66(38,6)30(31)13-18-69(39,67)64(87)103-68)98-63-57(45(80)37(26-90-63)97-59-50(85)55(43(78)34(23-72)92-59)100-60-48(83)53(88-9)41(76)32(21-70)93-60)102-58-47(82)46(81)52(36(25-74)96-58)99-62-51(86)56(44(79)35(24-73)95-62)101-61-49(84)54(89-10)42(77)33(22-71)94-61/h11,29-30,32-63,70-74,76-86H,1,12-26H2,2-10H3/t29?,30?,32-,33-,34-,35-,36-,37-,38+,39-,40+,41-,42-,43-,44-,45+,46-,47-,48-,49-,50-,51-,52-,53+,54+,55+,56+,57-,58-,59-,60-,61+,62+,63+,66-,67+,68+,69?/m1/s1. The fourth-order valence-electron chi connectivity index (χ4n) is 19.7. The van der Waals surface area contributed by atoms with Gasteiger partial charge in [0.1, 0.15) is 152 Å². The molecular formula is C69H110O34. The van der Waals surface area contributed by atoms with Crippen LogP contribution in [0, 0.1) is 39.4 Å². The number of cyclic esters (lactones) is 1. The Bertz CT molecular complexity index is 2910. The lowest BCUT2D eigenvalue weighted by molar-refractivity contribution is -0.399. The molecule has 34 heteroatoms. The Morgan fingerprint density at radius 3 is 1.49 bits per heavy atom. The molecule has 4 aliphatic carbocycles. The molecule has 0 aromatic carbocycles. The van der Waals surface area contributed by atoms with Gasteiger partial charge in [0.05, 0.1) is 51.2 Å². The first-order valence-corrected chi connectivity index (χ1v) is 35.8. The molecule has 0 amide bonds. The van der Waals surface area contributed by atoms with E-state index in [1.165, 1.54) is 19.6 Å². The van der Waals surface area contributed by atoms with Crippen molar-refractivity contribution in [2.24, 2.45) is 39.4 Å². The summed E-state index contributed by atoms with van der Waals surface area (Å²) in [6.07, 6.45) is -45.1. The molecular weight excluding hydrogens is 1370 g/mol. The highest BCUT2D eigenvalue weighted by Crippen LogP contribution is 2.76. The van der Waals surface area contributed by atoms with Crippen molar-refractivity contribution in [3.05, 3.63) is 23.8 Å². The number of aliphatic hydroxyl groups excluding tert-OH is 16. The fraction of sp³-hybridized carbons (Fsp3) is 0.913. The molecule has 7 heterocycles. The van der Waals surface area contributed by atoms with E-state index in [9.17, 15) is 91.3 Å². The molecule has 10 fully saturated rings. The number of carbonyl (C=O) groups is 2. The number of aliphatic hydroxyl groups is 16. The molecule has 16 N–H and O–H groups in total.